The lowest BCUT2D eigenvalue weighted by Gasteiger charge is -2.50. The summed E-state index contributed by atoms with van der Waals surface area (Å²) in [5.74, 6) is 0.157. The van der Waals surface area contributed by atoms with Crippen molar-refractivity contribution in [2.45, 2.75) is 31.4 Å². The van der Waals surface area contributed by atoms with Gasteiger partial charge in [-0.3, -0.25) is 9.59 Å². The first-order valence-corrected chi connectivity index (χ1v) is 8.91. The van der Waals surface area contributed by atoms with E-state index in [0.717, 1.165) is 5.56 Å². The van der Waals surface area contributed by atoms with E-state index < -0.39 is 11.5 Å². The highest BCUT2D eigenvalue weighted by Gasteiger charge is 2.51. The molecule has 0 unspecified atom stereocenters. The van der Waals surface area contributed by atoms with Crippen LogP contribution in [0.15, 0.2) is 30.3 Å². The third-order valence-corrected chi connectivity index (χ3v) is 5.70. The van der Waals surface area contributed by atoms with Crippen LogP contribution in [0.5, 0.6) is 0 Å². The number of carbonyl (C=O) groups is 2. The van der Waals surface area contributed by atoms with Crippen LogP contribution < -0.4 is 5.32 Å². The monoisotopic (exact) mass is 345 g/mol. The topological polar surface area (TPSA) is 72.9 Å². The van der Waals surface area contributed by atoms with E-state index in [-0.39, 0.29) is 17.9 Å². The number of hydrogen-bond acceptors (Lipinski definition) is 4. The molecule has 1 spiro atoms. The van der Waals surface area contributed by atoms with Crippen LogP contribution in [0, 0.1) is 5.41 Å². The maximum atomic E-state index is 13.1. The second-order valence-electron chi connectivity index (χ2n) is 7.23. The molecule has 2 atom stereocenters. The summed E-state index contributed by atoms with van der Waals surface area (Å²) in [7, 11) is 3.53. The molecule has 6 nitrogen and oxygen atoms in total. The van der Waals surface area contributed by atoms with E-state index in [2.05, 4.69) is 5.32 Å². The van der Waals surface area contributed by atoms with Crippen LogP contribution in [-0.4, -0.2) is 66.6 Å². The van der Waals surface area contributed by atoms with Gasteiger partial charge in [0.25, 0.3) is 0 Å². The standard InChI is InChI=1S/C19H27N3O3/c1-20-13-16(24)22-10-8-19(9-11-22)12-15(23)17(21(2)18(19)25)14-6-4-3-5-7-14/h3-7,15,17,20,23H,8-13H2,1-2H3/t15-,17+/m1/s1. The number of nitrogens with one attached hydrogen (secondary N) is 1. The molecule has 1 aromatic carbocycles. The van der Waals surface area contributed by atoms with Gasteiger partial charge in [-0.05, 0) is 31.9 Å². The lowest BCUT2D eigenvalue weighted by Crippen LogP contribution is -2.58. The van der Waals surface area contributed by atoms with Gasteiger partial charge in [-0.2, -0.15) is 0 Å². The van der Waals surface area contributed by atoms with Crippen LogP contribution in [0.3, 0.4) is 0 Å². The van der Waals surface area contributed by atoms with Gasteiger partial charge in [0, 0.05) is 20.1 Å². The number of nitrogens with zero attached hydrogens (tertiary/aromatic N) is 2. The number of rotatable bonds is 3. The molecule has 0 aliphatic carbocycles. The minimum absolute atomic E-state index is 0.0664. The Bertz CT molecular complexity index is 626. The highest BCUT2D eigenvalue weighted by Crippen LogP contribution is 2.46. The molecule has 136 valence electrons. The van der Waals surface area contributed by atoms with Gasteiger partial charge in [0.1, 0.15) is 0 Å². The smallest absolute Gasteiger partial charge is 0.236 e. The van der Waals surface area contributed by atoms with Gasteiger partial charge in [0.15, 0.2) is 0 Å². The molecule has 2 saturated heterocycles. The predicted octanol–water partition coefficient (Wildman–Crippen LogP) is 0.779. The minimum atomic E-state index is -0.593. The number of likely N-dealkylation sites (tertiary alicyclic amines) is 2. The van der Waals surface area contributed by atoms with E-state index >= 15 is 0 Å². The molecule has 2 heterocycles. The number of hydrogen-bond donors (Lipinski definition) is 2. The van der Waals surface area contributed by atoms with Crippen molar-refractivity contribution in [3.8, 4) is 0 Å². The van der Waals surface area contributed by atoms with E-state index in [1.54, 1.807) is 19.0 Å². The highest BCUT2D eigenvalue weighted by atomic mass is 16.3. The van der Waals surface area contributed by atoms with Gasteiger partial charge in [-0.1, -0.05) is 30.3 Å². The molecule has 2 aliphatic rings. The average molecular weight is 345 g/mol. The molecule has 0 saturated carbocycles. The van der Waals surface area contributed by atoms with Crippen LogP contribution in [0.1, 0.15) is 30.9 Å². The van der Waals surface area contributed by atoms with Gasteiger partial charge >= 0.3 is 0 Å². The van der Waals surface area contributed by atoms with Crippen molar-refractivity contribution in [2.24, 2.45) is 5.41 Å². The molecule has 2 amide bonds. The van der Waals surface area contributed by atoms with Crippen LogP contribution in [0.2, 0.25) is 0 Å². The fourth-order valence-corrected chi connectivity index (χ4v) is 4.32. The van der Waals surface area contributed by atoms with Gasteiger partial charge in [0.2, 0.25) is 11.8 Å². The molecule has 6 heteroatoms. The quantitative estimate of drug-likeness (QED) is 0.849. The minimum Gasteiger partial charge on any atom is -0.391 e. The number of aliphatic hydroxyl groups excluding tert-OH is 1. The van der Waals surface area contributed by atoms with Crippen molar-refractivity contribution < 1.29 is 14.7 Å². The van der Waals surface area contributed by atoms with Crippen molar-refractivity contribution >= 4 is 11.8 Å². The number of benzene rings is 1. The maximum absolute atomic E-state index is 13.1. The Balaban J connectivity index is 1.74. The van der Waals surface area contributed by atoms with Crippen LogP contribution >= 0.6 is 0 Å². The van der Waals surface area contributed by atoms with Crippen molar-refractivity contribution in [2.75, 3.05) is 33.7 Å². The SMILES string of the molecule is CNCC(=O)N1CCC2(CC1)C[C@@H](O)[C@H](c1ccccc1)N(C)C2=O. The molecule has 2 fully saturated rings. The first-order valence-electron chi connectivity index (χ1n) is 8.91. The third kappa shape index (κ3) is 3.28. The first kappa shape index (κ1) is 17.9. The Morgan fingerprint density at radius 1 is 1.28 bits per heavy atom. The molecular formula is C19H27N3O3. The summed E-state index contributed by atoms with van der Waals surface area (Å²) < 4.78 is 0. The number of likely N-dealkylation sites (N-methyl/N-ethyl adjacent to an activating group) is 2. The van der Waals surface area contributed by atoms with E-state index in [1.165, 1.54) is 0 Å². The van der Waals surface area contributed by atoms with Crippen molar-refractivity contribution in [1.29, 1.82) is 0 Å². The zero-order valence-electron chi connectivity index (χ0n) is 14.9. The van der Waals surface area contributed by atoms with Crippen LogP contribution in [0.4, 0.5) is 0 Å². The summed E-state index contributed by atoms with van der Waals surface area (Å²) >= 11 is 0. The molecule has 25 heavy (non-hydrogen) atoms. The Morgan fingerprint density at radius 3 is 2.52 bits per heavy atom. The van der Waals surface area contributed by atoms with Crippen molar-refractivity contribution in [3.63, 3.8) is 0 Å². The summed E-state index contributed by atoms with van der Waals surface area (Å²) in [6.07, 6.45) is 1.10. The fourth-order valence-electron chi connectivity index (χ4n) is 4.32. The van der Waals surface area contributed by atoms with E-state index in [4.69, 9.17) is 0 Å². The number of piperidine rings is 2. The predicted molar refractivity (Wildman–Crippen MR) is 94.8 cm³/mol. The van der Waals surface area contributed by atoms with Crippen molar-refractivity contribution in [3.05, 3.63) is 35.9 Å². The molecule has 1 aromatic rings. The van der Waals surface area contributed by atoms with Crippen molar-refractivity contribution in [1.82, 2.24) is 15.1 Å². The maximum Gasteiger partial charge on any atom is 0.236 e. The number of aliphatic hydroxyl groups is 1. The van der Waals surface area contributed by atoms with Gasteiger partial charge in [-0.25, -0.2) is 0 Å². The second-order valence-corrected chi connectivity index (χ2v) is 7.23. The molecule has 0 aromatic heterocycles. The third-order valence-electron chi connectivity index (χ3n) is 5.70. The molecule has 0 bridgehead atoms. The molecular weight excluding hydrogens is 318 g/mol. The molecule has 3 rings (SSSR count). The average Bonchev–Trinajstić information content (AvgIpc) is 2.62. The Hall–Kier alpha value is -1.92. The lowest BCUT2D eigenvalue weighted by atomic mass is 9.68. The lowest BCUT2D eigenvalue weighted by molar-refractivity contribution is -0.163. The highest BCUT2D eigenvalue weighted by molar-refractivity contribution is 5.85. The zero-order valence-corrected chi connectivity index (χ0v) is 14.9. The Kier molecular flexibility index (Phi) is 5.11. The largest absolute Gasteiger partial charge is 0.391 e. The van der Waals surface area contributed by atoms with E-state index in [1.807, 2.05) is 35.2 Å². The Labute approximate surface area is 148 Å². The number of carbonyl (C=O) groups excluding carboxylic acids is 2. The number of amides is 2. The normalized spacial score (nSPS) is 26.1. The summed E-state index contributed by atoms with van der Waals surface area (Å²) in [6, 6.07) is 9.39. The summed E-state index contributed by atoms with van der Waals surface area (Å²) in [4.78, 5) is 28.7. The molecule has 0 radical (unpaired) electrons. The summed E-state index contributed by atoms with van der Waals surface area (Å²) in [5.41, 5.74) is 0.415. The first-order chi connectivity index (χ1) is 12.0. The summed E-state index contributed by atoms with van der Waals surface area (Å²) in [6.45, 7) is 1.46. The molecule has 2 N–H and O–H groups in total. The Morgan fingerprint density at radius 2 is 1.92 bits per heavy atom. The zero-order chi connectivity index (χ0) is 18.0. The molecule has 2 aliphatic heterocycles. The second kappa shape index (κ2) is 7.14. The van der Waals surface area contributed by atoms with Gasteiger partial charge in [-0.15, -0.1) is 0 Å². The van der Waals surface area contributed by atoms with Gasteiger partial charge in [0.05, 0.1) is 24.1 Å². The summed E-state index contributed by atoms with van der Waals surface area (Å²) in [5, 5.41) is 13.7. The fraction of sp³-hybridized carbons (Fsp3) is 0.579. The van der Waals surface area contributed by atoms with Crippen LogP contribution in [-0.2, 0) is 9.59 Å². The van der Waals surface area contributed by atoms with E-state index in [0.29, 0.717) is 38.9 Å². The van der Waals surface area contributed by atoms with Crippen LogP contribution in [0.25, 0.3) is 0 Å². The van der Waals surface area contributed by atoms with E-state index in [9.17, 15) is 14.7 Å². The van der Waals surface area contributed by atoms with Gasteiger partial charge < -0.3 is 20.2 Å².